The number of fused-ring (bicyclic) bond motifs is 1. The van der Waals surface area contributed by atoms with Crippen molar-refractivity contribution in [3.05, 3.63) is 77.5 Å². The molecule has 1 atom stereocenters. The van der Waals surface area contributed by atoms with E-state index in [-0.39, 0.29) is 6.04 Å². The maximum atomic E-state index is 4.42. The first-order valence-electron chi connectivity index (χ1n) is 8.72. The van der Waals surface area contributed by atoms with Gasteiger partial charge in [-0.1, -0.05) is 55.7 Å². The number of allylic oxidation sites excluding steroid dienone is 1. The Balaban J connectivity index is 2.13. The van der Waals surface area contributed by atoms with Crippen LogP contribution in [0.4, 0.5) is 5.69 Å². The molecule has 0 bridgehead atoms. The van der Waals surface area contributed by atoms with Crippen LogP contribution in [0.15, 0.2) is 60.8 Å². The van der Waals surface area contributed by atoms with Gasteiger partial charge < -0.3 is 10.2 Å². The summed E-state index contributed by atoms with van der Waals surface area (Å²) in [6.07, 6.45) is 3.20. The van der Waals surface area contributed by atoms with Crippen molar-refractivity contribution in [2.45, 2.75) is 26.3 Å². The van der Waals surface area contributed by atoms with Gasteiger partial charge in [-0.15, -0.1) is 0 Å². The van der Waals surface area contributed by atoms with E-state index in [4.69, 9.17) is 0 Å². The van der Waals surface area contributed by atoms with Gasteiger partial charge in [0.1, 0.15) is 0 Å². The molecular weight excluding hydrogens is 304 g/mol. The highest BCUT2D eigenvalue weighted by atomic mass is 15.2. The first-order valence-corrected chi connectivity index (χ1v) is 8.72. The highest BCUT2D eigenvalue weighted by molar-refractivity contribution is 5.92. The predicted molar refractivity (Wildman–Crippen MR) is 108 cm³/mol. The van der Waals surface area contributed by atoms with E-state index in [9.17, 15) is 0 Å². The van der Waals surface area contributed by atoms with Crippen LogP contribution in [0, 0.1) is 11.8 Å². The van der Waals surface area contributed by atoms with Crippen molar-refractivity contribution in [3.8, 4) is 11.8 Å². The summed E-state index contributed by atoms with van der Waals surface area (Å²) in [5, 5.41) is 3.16. The van der Waals surface area contributed by atoms with Gasteiger partial charge in [0.25, 0.3) is 0 Å². The molecule has 2 aromatic rings. The summed E-state index contributed by atoms with van der Waals surface area (Å²) in [6, 6.07) is 16.8. The van der Waals surface area contributed by atoms with Crippen LogP contribution in [0.5, 0.6) is 0 Å². The van der Waals surface area contributed by atoms with E-state index in [0.29, 0.717) is 0 Å². The lowest BCUT2D eigenvalue weighted by Crippen LogP contribution is -2.24. The number of hydrogen-bond acceptors (Lipinski definition) is 2. The fraction of sp³-hybridized carbons (Fsp3) is 0.217. The molecule has 1 unspecified atom stereocenters. The van der Waals surface area contributed by atoms with Gasteiger partial charge in [-0.2, -0.15) is 0 Å². The molecule has 1 heterocycles. The number of benzene rings is 2. The lowest BCUT2D eigenvalue weighted by Gasteiger charge is -2.34. The molecule has 1 N–H and O–H groups in total. The van der Waals surface area contributed by atoms with Gasteiger partial charge in [0, 0.05) is 28.2 Å². The molecule has 1 aliphatic heterocycles. The van der Waals surface area contributed by atoms with Gasteiger partial charge in [0.05, 0.1) is 6.04 Å². The minimum atomic E-state index is 0.152. The summed E-state index contributed by atoms with van der Waals surface area (Å²) < 4.78 is 0. The Bertz CT molecular complexity index is 866. The molecule has 0 radical (unpaired) electrons. The van der Waals surface area contributed by atoms with Gasteiger partial charge in [-0.05, 0) is 50.2 Å². The average Bonchev–Trinajstić information content (AvgIpc) is 2.66. The molecule has 1 aliphatic rings. The lowest BCUT2D eigenvalue weighted by molar-refractivity contribution is 0.750. The smallest absolute Gasteiger partial charge is 0.0662 e. The molecule has 3 rings (SSSR count). The number of hydrogen-bond donors (Lipinski definition) is 1. The Labute approximate surface area is 150 Å². The molecule has 0 aliphatic carbocycles. The molecule has 0 saturated carbocycles. The molecular formula is C23H24N2. The van der Waals surface area contributed by atoms with Crippen LogP contribution in [0.25, 0.3) is 11.8 Å². The second kappa shape index (κ2) is 7.42. The Hall–Kier alpha value is -2.76. The van der Waals surface area contributed by atoms with E-state index in [1.165, 1.54) is 11.3 Å². The van der Waals surface area contributed by atoms with Gasteiger partial charge in [-0.25, -0.2) is 0 Å². The van der Waals surface area contributed by atoms with Crippen LogP contribution in [0.1, 0.15) is 37.0 Å². The lowest BCUT2D eigenvalue weighted by atomic mass is 9.92. The normalized spacial score (nSPS) is 14.3. The second-order valence-corrected chi connectivity index (χ2v) is 6.16. The van der Waals surface area contributed by atoms with E-state index in [0.717, 1.165) is 28.9 Å². The van der Waals surface area contributed by atoms with Crippen molar-refractivity contribution < 1.29 is 0 Å². The van der Waals surface area contributed by atoms with Crippen LogP contribution in [0.2, 0.25) is 0 Å². The summed E-state index contributed by atoms with van der Waals surface area (Å²) in [7, 11) is 1.92. The zero-order chi connectivity index (χ0) is 17.8. The molecule has 0 spiro atoms. The zero-order valence-electron chi connectivity index (χ0n) is 15.1. The number of anilines is 1. The minimum Gasteiger partial charge on any atom is -0.314 e. The van der Waals surface area contributed by atoms with Crippen LogP contribution in [-0.2, 0) is 0 Å². The minimum absolute atomic E-state index is 0.152. The van der Waals surface area contributed by atoms with Crippen LogP contribution < -0.4 is 10.2 Å². The van der Waals surface area contributed by atoms with Crippen molar-refractivity contribution in [3.63, 3.8) is 0 Å². The van der Waals surface area contributed by atoms with Gasteiger partial charge >= 0.3 is 0 Å². The number of para-hydroxylation sites is 1. The maximum Gasteiger partial charge on any atom is 0.0662 e. The van der Waals surface area contributed by atoms with Crippen LogP contribution >= 0.6 is 0 Å². The number of rotatable bonds is 3. The molecule has 0 aromatic heterocycles. The molecule has 2 aromatic carbocycles. The van der Waals surface area contributed by atoms with Crippen molar-refractivity contribution in [2.75, 3.05) is 11.9 Å². The number of nitrogens with one attached hydrogen (secondary N) is 1. The Morgan fingerprint density at radius 1 is 1.12 bits per heavy atom. The predicted octanol–water partition coefficient (Wildman–Crippen LogP) is 4.89. The zero-order valence-corrected chi connectivity index (χ0v) is 15.1. The third kappa shape index (κ3) is 3.38. The third-order valence-electron chi connectivity index (χ3n) is 4.50. The third-order valence-corrected chi connectivity index (χ3v) is 4.50. The molecule has 2 nitrogen and oxygen atoms in total. The van der Waals surface area contributed by atoms with Crippen LogP contribution in [0.3, 0.4) is 0 Å². The summed E-state index contributed by atoms with van der Waals surface area (Å²) >= 11 is 0. The van der Waals surface area contributed by atoms with E-state index in [1.807, 2.05) is 13.1 Å². The molecule has 2 heteroatoms. The van der Waals surface area contributed by atoms with Crippen molar-refractivity contribution in [2.24, 2.45) is 0 Å². The van der Waals surface area contributed by atoms with E-state index in [2.05, 4.69) is 91.0 Å². The first kappa shape index (κ1) is 17.1. The number of nitrogens with zero attached hydrogens (tertiary/aromatic N) is 1. The summed E-state index contributed by atoms with van der Waals surface area (Å²) in [5.41, 5.74) is 6.71. The molecule has 0 amide bonds. The summed E-state index contributed by atoms with van der Waals surface area (Å²) in [6.45, 7) is 8.66. The van der Waals surface area contributed by atoms with Crippen molar-refractivity contribution >= 4 is 17.5 Å². The molecule has 0 fully saturated rings. The Morgan fingerprint density at radius 2 is 1.88 bits per heavy atom. The van der Waals surface area contributed by atoms with E-state index >= 15 is 0 Å². The quantitative estimate of drug-likeness (QED) is 0.807. The van der Waals surface area contributed by atoms with Gasteiger partial charge in [-0.3, -0.25) is 0 Å². The van der Waals surface area contributed by atoms with Crippen LogP contribution in [-0.4, -0.2) is 13.1 Å². The van der Waals surface area contributed by atoms with E-state index in [1.54, 1.807) is 0 Å². The van der Waals surface area contributed by atoms with Crippen molar-refractivity contribution in [1.29, 1.82) is 0 Å². The first-order chi connectivity index (χ1) is 12.2. The Kier molecular flexibility index (Phi) is 5.07. The fourth-order valence-electron chi connectivity index (χ4n) is 3.06. The van der Waals surface area contributed by atoms with E-state index < -0.39 is 0 Å². The summed E-state index contributed by atoms with van der Waals surface area (Å²) in [5.74, 6) is 6.59. The Morgan fingerprint density at radius 3 is 2.56 bits per heavy atom. The average molecular weight is 328 g/mol. The van der Waals surface area contributed by atoms with Gasteiger partial charge in [0.2, 0.25) is 0 Å². The SMILES string of the molecule is C=C1c2c(C#CC(C)NC)cccc2C=C(CC)N1c1ccccc1. The second-order valence-electron chi connectivity index (χ2n) is 6.16. The highest BCUT2D eigenvalue weighted by Crippen LogP contribution is 2.38. The summed E-state index contributed by atoms with van der Waals surface area (Å²) in [4.78, 5) is 2.25. The van der Waals surface area contributed by atoms with Crippen molar-refractivity contribution in [1.82, 2.24) is 5.32 Å². The molecule has 0 saturated heterocycles. The topological polar surface area (TPSA) is 15.3 Å². The highest BCUT2D eigenvalue weighted by Gasteiger charge is 2.24. The standard InChI is InChI=1S/C23H24N2/c1-5-21-16-20-11-9-10-19(15-14-17(2)24-4)23(20)18(3)25(21)22-12-7-6-8-13-22/h6-13,16-17,24H,3,5H2,1-2,4H3. The molecule has 126 valence electrons. The maximum absolute atomic E-state index is 4.42. The fourth-order valence-corrected chi connectivity index (χ4v) is 3.06. The molecule has 25 heavy (non-hydrogen) atoms. The van der Waals surface area contributed by atoms with Gasteiger partial charge in [0.15, 0.2) is 0 Å². The monoisotopic (exact) mass is 328 g/mol. The largest absolute Gasteiger partial charge is 0.314 e.